The second-order valence-electron chi connectivity index (χ2n) is 10.5. The van der Waals surface area contributed by atoms with E-state index >= 15 is 0 Å². The summed E-state index contributed by atoms with van der Waals surface area (Å²) in [5.41, 5.74) is 1.22. The summed E-state index contributed by atoms with van der Waals surface area (Å²) in [6.45, 7) is 2.02. The topological polar surface area (TPSA) is 87.2 Å². The lowest BCUT2D eigenvalue weighted by molar-refractivity contribution is -0.131. The molecule has 38 heavy (non-hydrogen) atoms. The number of nitrogens with zero attached hydrogens (tertiary/aromatic N) is 3. The molecule has 8 nitrogen and oxygen atoms in total. The van der Waals surface area contributed by atoms with E-state index in [0.717, 1.165) is 0 Å². The van der Waals surface area contributed by atoms with E-state index in [1.165, 1.54) is 12.0 Å². The monoisotopic (exact) mass is 519 g/mol. The van der Waals surface area contributed by atoms with E-state index in [1.807, 2.05) is 65.6 Å². The predicted octanol–water partition coefficient (Wildman–Crippen LogP) is 3.48. The number of hydrogen-bond donors (Lipinski definition) is 0. The first-order valence-electron chi connectivity index (χ1n) is 13.2. The third-order valence-corrected chi connectivity index (χ3v) is 8.00. The fourth-order valence-corrected chi connectivity index (χ4v) is 6.02. The normalized spacial score (nSPS) is 22.5. The van der Waals surface area contributed by atoms with Gasteiger partial charge in [-0.15, -0.1) is 0 Å². The molecular weight excluding hydrogens is 482 g/mol. The summed E-state index contributed by atoms with van der Waals surface area (Å²) in [6, 6.07) is 18.4. The molecule has 0 N–H and O–H groups in total. The van der Waals surface area contributed by atoms with Crippen LogP contribution in [0.5, 0.6) is 0 Å². The molecule has 2 fully saturated rings. The van der Waals surface area contributed by atoms with Crippen molar-refractivity contribution in [2.75, 3.05) is 53.9 Å². The highest BCUT2D eigenvalue weighted by Gasteiger charge is 2.48. The summed E-state index contributed by atoms with van der Waals surface area (Å²) in [5, 5.41) is 0. The van der Waals surface area contributed by atoms with Crippen LogP contribution in [-0.2, 0) is 9.53 Å². The predicted molar refractivity (Wildman–Crippen MR) is 144 cm³/mol. The first kappa shape index (κ1) is 27.5. The number of rotatable bonds is 7. The maximum atomic E-state index is 14.0. The molecule has 0 bridgehead atoms. The minimum atomic E-state index is -0.451. The van der Waals surface area contributed by atoms with Gasteiger partial charge in [-0.2, -0.15) is 0 Å². The van der Waals surface area contributed by atoms with Crippen LogP contribution in [0.4, 0.5) is 4.79 Å². The highest BCUT2D eigenvalue weighted by molar-refractivity contribution is 6.01. The molecule has 2 aromatic carbocycles. The van der Waals surface area contributed by atoms with Gasteiger partial charge in [-0.05, 0) is 24.7 Å². The van der Waals surface area contributed by atoms with Crippen molar-refractivity contribution in [3.8, 4) is 0 Å². The molecule has 202 valence electrons. The Morgan fingerprint density at radius 3 is 1.71 bits per heavy atom. The number of Topliss-reactive ketones (excluding diaryl/α,β-unsaturated/α-hetero) is 2. The van der Waals surface area contributed by atoms with E-state index in [9.17, 15) is 19.2 Å². The molecule has 2 saturated heterocycles. The van der Waals surface area contributed by atoms with Crippen LogP contribution in [0.2, 0.25) is 0 Å². The molecule has 0 aromatic heterocycles. The minimum absolute atomic E-state index is 0.00105. The Balaban J connectivity index is 1.71. The molecule has 2 amide bonds. The smallest absolute Gasteiger partial charge is 0.409 e. The van der Waals surface area contributed by atoms with Crippen molar-refractivity contribution >= 4 is 23.6 Å². The summed E-state index contributed by atoms with van der Waals surface area (Å²) >= 11 is 0. The van der Waals surface area contributed by atoms with Crippen LogP contribution in [0.25, 0.3) is 0 Å². The Morgan fingerprint density at radius 1 is 0.816 bits per heavy atom. The molecule has 0 saturated carbocycles. The summed E-state index contributed by atoms with van der Waals surface area (Å²) in [7, 11) is 4.80. The number of amides is 2. The van der Waals surface area contributed by atoms with E-state index in [1.54, 1.807) is 19.0 Å². The van der Waals surface area contributed by atoms with Gasteiger partial charge in [-0.1, -0.05) is 60.7 Å². The van der Waals surface area contributed by atoms with Crippen LogP contribution >= 0.6 is 0 Å². The van der Waals surface area contributed by atoms with Crippen LogP contribution in [0.1, 0.15) is 33.6 Å². The number of likely N-dealkylation sites (N-methyl/N-ethyl adjacent to an activating group) is 1. The summed E-state index contributed by atoms with van der Waals surface area (Å²) in [5.74, 6) is -1.09. The van der Waals surface area contributed by atoms with E-state index in [2.05, 4.69) is 0 Å². The molecule has 8 heteroatoms. The van der Waals surface area contributed by atoms with Crippen molar-refractivity contribution in [2.24, 2.45) is 23.7 Å². The van der Waals surface area contributed by atoms with Gasteiger partial charge in [0.15, 0.2) is 11.6 Å². The highest BCUT2D eigenvalue weighted by atomic mass is 16.5. The fourth-order valence-electron chi connectivity index (χ4n) is 6.02. The van der Waals surface area contributed by atoms with Gasteiger partial charge in [0.25, 0.3) is 0 Å². The lowest BCUT2D eigenvalue weighted by Gasteiger charge is -2.47. The number of benzene rings is 2. The van der Waals surface area contributed by atoms with E-state index in [-0.39, 0.29) is 41.9 Å². The van der Waals surface area contributed by atoms with Crippen molar-refractivity contribution < 1.29 is 23.9 Å². The maximum Gasteiger partial charge on any atom is 0.409 e. The molecule has 2 aromatic rings. The second-order valence-corrected chi connectivity index (χ2v) is 10.5. The lowest BCUT2D eigenvalue weighted by atomic mass is 9.64. The largest absolute Gasteiger partial charge is 0.453 e. The van der Waals surface area contributed by atoms with Gasteiger partial charge in [-0.3, -0.25) is 19.3 Å². The quantitative estimate of drug-likeness (QED) is 0.521. The van der Waals surface area contributed by atoms with Gasteiger partial charge in [0.2, 0.25) is 5.91 Å². The molecule has 0 aliphatic carbocycles. The van der Waals surface area contributed by atoms with Crippen LogP contribution in [0, 0.1) is 23.7 Å². The van der Waals surface area contributed by atoms with Gasteiger partial charge in [0.1, 0.15) is 0 Å². The number of methoxy groups -OCH3 is 1. The van der Waals surface area contributed by atoms with E-state index in [0.29, 0.717) is 50.1 Å². The third kappa shape index (κ3) is 6.13. The SMILES string of the molecule is COC(=O)N1CCC(C2C(C(=O)c3ccccc3)CN(CC(=O)N(C)C)CC2C(=O)c2ccccc2)CC1. The molecule has 0 spiro atoms. The fraction of sp³-hybridized carbons (Fsp3) is 0.467. The average Bonchev–Trinajstić information content (AvgIpc) is 2.96. The Bertz CT molecular complexity index is 1070. The zero-order chi connectivity index (χ0) is 27.2. The first-order valence-corrected chi connectivity index (χ1v) is 13.2. The number of piperidine rings is 2. The van der Waals surface area contributed by atoms with E-state index in [4.69, 9.17) is 4.74 Å². The van der Waals surface area contributed by atoms with Crippen molar-refractivity contribution in [3.63, 3.8) is 0 Å². The zero-order valence-electron chi connectivity index (χ0n) is 22.4. The highest BCUT2D eigenvalue weighted by Crippen LogP contribution is 2.42. The number of carbonyl (C=O) groups is 4. The number of ketones is 2. The maximum absolute atomic E-state index is 14.0. The van der Waals surface area contributed by atoms with Crippen LogP contribution in [-0.4, -0.2) is 92.2 Å². The summed E-state index contributed by atoms with van der Waals surface area (Å²) < 4.78 is 4.91. The Morgan fingerprint density at radius 2 is 1.29 bits per heavy atom. The molecule has 2 heterocycles. The minimum Gasteiger partial charge on any atom is -0.453 e. The van der Waals surface area contributed by atoms with E-state index < -0.39 is 11.8 Å². The number of carbonyl (C=O) groups excluding carboxylic acids is 4. The van der Waals surface area contributed by atoms with Gasteiger partial charge in [0.05, 0.1) is 13.7 Å². The first-order chi connectivity index (χ1) is 18.3. The standard InChI is InChI=1S/C30H37N3O5/c1-31(2)26(34)20-32-18-24(28(35)22-10-6-4-7-11-22)27(21-14-16-33(17-15-21)30(37)38-3)25(19-32)29(36)23-12-8-5-9-13-23/h4-13,21,24-25,27H,14-20H2,1-3H3. The Kier molecular flexibility index (Phi) is 8.94. The zero-order valence-corrected chi connectivity index (χ0v) is 22.4. The third-order valence-electron chi connectivity index (χ3n) is 8.00. The lowest BCUT2D eigenvalue weighted by Crippen LogP contribution is -2.56. The average molecular weight is 520 g/mol. The number of hydrogen-bond acceptors (Lipinski definition) is 6. The van der Waals surface area contributed by atoms with Gasteiger partial charge >= 0.3 is 6.09 Å². The second kappa shape index (κ2) is 12.3. The van der Waals surface area contributed by atoms with Gasteiger partial charge in [0, 0.05) is 63.2 Å². The van der Waals surface area contributed by atoms with Gasteiger partial charge in [-0.25, -0.2) is 4.79 Å². The molecular formula is C30H37N3O5. The molecule has 2 aliphatic rings. The molecule has 0 radical (unpaired) electrons. The number of ether oxygens (including phenoxy) is 1. The van der Waals surface area contributed by atoms with Crippen LogP contribution < -0.4 is 0 Å². The molecule has 2 atom stereocenters. The molecule has 2 aliphatic heterocycles. The summed E-state index contributed by atoms with van der Waals surface area (Å²) in [6.07, 6.45) is 1.02. The Hall–Kier alpha value is -3.52. The van der Waals surface area contributed by atoms with Gasteiger partial charge < -0.3 is 14.5 Å². The molecule has 2 unspecified atom stereocenters. The van der Waals surface area contributed by atoms with Crippen molar-refractivity contribution in [3.05, 3.63) is 71.8 Å². The van der Waals surface area contributed by atoms with Crippen LogP contribution in [0.3, 0.4) is 0 Å². The molecule has 4 rings (SSSR count). The van der Waals surface area contributed by atoms with Crippen molar-refractivity contribution in [1.82, 2.24) is 14.7 Å². The Labute approximate surface area is 224 Å². The van der Waals surface area contributed by atoms with Crippen LogP contribution in [0.15, 0.2) is 60.7 Å². The van der Waals surface area contributed by atoms with Crippen molar-refractivity contribution in [2.45, 2.75) is 12.8 Å². The number of likely N-dealkylation sites (tertiary alicyclic amines) is 2. The van der Waals surface area contributed by atoms with Crippen molar-refractivity contribution in [1.29, 1.82) is 0 Å². The summed E-state index contributed by atoms with van der Waals surface area (Å²) in [4.78, 5) is 58.0.